The van der Waals surface area contributed by atoms with E-state index in [1.807, 2.05) is 6.20 Å². The quantitative estimate of drug-likeness (QED) is 0.739. The Kier molecular flexibility index (Phi) is 3.92. The molecule has 4 heteroatoms. The summed E-state index contributed by atoms with van der Waals surface area (Å²) in [5.74, 6) is 0.934. The second kappa shape index (κ2) is 4.99. The standard InChI is InChI=1S/C9H17N3O/c1-8(3-6-13-2)12-5-4-11-9(12)7-10/h4-5,8H,3,6-7,10H2,1-2H3. The Labute approximate surface area is 78.7 Å². The van der Waals surface area contributed by atoms with Gasteiger partial charge in [-0.1, -0.05) is 0 Å². The third-order valence-corrected chi connectivity index (χ3v) is 2.15. The molecular formula is C9H17N3O. The van der Waals surface area contributed by atoms with Gasteiger partial charge in [-0.25, -0.2) is 4.98 Å². The molecule has 0 aromatic carbocycles. The summed E-state index contributed by atoms with van der Waals surface area (Å²) in [7, 11) is 1.71. The van der Waals surface area contributed by atoms with Crippen molar-refractivity contribution in [1.82, 2.24) is 9.55 Å². The zero-order valence-corrected chi connectivity index (χ0v) is 8.23. The molecule has 0 saturated carbocycles. The van der Waals surface area contributed by atoms with E-state index in [0.29, 0.717) is 12.6 Å². The first-order chi connectivity index (χ1) is 6.29. The van der Waals surface area contributed by atoms with E-state index in [2.05, 4.69) is 16.5 Å². The van der Waals surface area contributed by atoms with Crippen LogP contribution in [0.1, 0.15) is 25.2 Å². The molecule has 0 bridgehead atoms. The molecule has 1 aromatic rings. The first kappa shape index (κ1) is 10.2. The predicted molar refractivity (Wildman–Crippen MR) is 51.3 cm³/mol. The van der Waals surface area contributed by atoms with Gasteiger partial charge in [-0.2, -0.15) is 0 Å². The molecule has 1 heterocycles. The second-order valence-electron chi connectivity index (χ2n) is 3.09. The molecule has 0 aliphatic rings. The van der Waals surface area contributed by atoms with Crippen LogP contribution in [0.5, 0.6) is 0 Å². The molecule has 0 aliphatic carbocycles. The number of methoxy groups -OCH3 is 1. The number of hydrogen-bond donors (Lipinski definition) is 1. The summed E-state index contributed by atoms with van der Waals surface area (Å²) in [5.41, 5.74) is 5.55. The Balaban J connectivity index is 2.59. The highest BCUT2D eigenvalue weighted by Gasteiger charge is 2.07. The normalized spacial score (nSPS) is 13.2. The summed E-state index contributed by atoms with van der Waals surface area (Å²) in [5, 5.41) is 0. The highest BCUT2D eigenvalue weighted by Crippen LogP contribution is 2.12. The molecule has 1 unspecified atom stereocenters. The van der Waals surface area contributed by atoms with E-state index < -0.39 is 0 Å². The molecule has 0 fully saturated rings. The average molecular weight is 183 g/mol. The molecule has 0 spiro atoms. The van der Waals surface area contributed by atoms with Gasteiger partial charge in [0.1, 0.15) is 5.82 Å². The van der Waals surface area contributed by atoms with Crippen LogP contribution in [0.4, 0.5) is 0 Å². The van der Waals surface area contributed by atoms with Gasteiger partial charge in [0, 0.05) is 32.2 Å². The Morgan fingerprint density at radius 2 is 2.46 bits per heavy atom. The lowest BCUT2D eigenvalue weighted by molar-refractivity contribution is 0.180. The number of rotatable bonds is 5. The van der Waals surface area contributed by atoms with Crippen molar-refractivity contribution in [2.45, 2.75) is 25.9 Å². The maximum atomic E-state index is 5.55. The number of aromatic nitrogens is 2. The minimum absolute atomic E-state index is 0.404. The summed E-state index contributed by atoms with van der Waals surface area (Å²) in [6, 6.07) is 0.404. The van der Waals surface area contributed by atoms with E-state index in [0.717, 1.165) is 18.9 Å². The van der Waals surface area contributed by atoms with Crippen LogP contribution in [0.3, 0.4) is 0 Å². The molecule has 74 valence electrons. The summed E-state index contributed by atoms with van der Waals surface area (Å²) >= 11 is 0. The van der Waals surface area contributed by atoms with Gasteiger partial charge in [-0.05, 0) is 13.3 Å². The maximum Gasteiger partial charge on any atom is 0.122 e. The van der Waals surface area contributed by atoms with Gasteiger partial charge < -0.3 is 15.0 Å². The second-order valence-corrected chi connectivity index (χ2v) is 3.09. The van der Waals surface area contributed by atoms with Crippen LogP contribution >= 0.6 is 0 Å². The van der Waals surface area contributed by atoms with Crippen LogP contribution in [-0.2, 0) is 11.3 Å². The van der Waals surface area contributed by atoms with Crippen molar-refractivity contribution in [3.63, 3.8) is 0 Å². The molecule has 0 amide bonds. The molecule has 2 N–H and O–H groups in total. The first-order valence-corrected chi connectivity index (χ1v) is 4.50. The molecule has 1 aromatic heterocycles. The monoisotopic (exact) mass is 183 g/mol. The lowest BCUT2D eigenvalue weighted by Crippen LogP contribution is -2.13. The molecule has 1 atom stereocenters. The van der Waals surface area contributed by atoms with E-state index in [9.17, 15) is 0 Å². The lowest BCUT2D eigenvalue weighted by atomic mass is 10.2. The zero-order valence-electron chi connectivity index (χ0n) is 8.23. The molecule has 0 aliphatic heterocycles. The number of hydrogen-bond acceptors (Lipinski definition) is 3. The van der Waals surface area contributed by atoms with Gasteiger partial charge in [-0.3, -0.25) is 0 Å². The molecular weight excluding hydrogens is 166 g/mol. The van der Waals surface area contributed by atoms with Gasteiger partial charge in [0.05, 0.1) is 6.54 Å². The zero-order chi connectivity index (χ0) is 9.68. The smallest absolute Gasteiger partial charge is 0.122 e. The number of imidazole rings is 1. The van der Waals surface area contributed by atoms with Gasteiger partial charge in [-0.15, -0.1) is 0 Å². The number of nitrogens with zero attached hydrogens (tertiary/aromatic N) is 2. The van der Waals surface area contributed by atoms with Crippen molar-refractivity contribution in [1.29, 1.82) is 0 Å². The van der Waals surface area contributed by atoms with Gasteiger partial charge >= 0.3 is 0 Å². The highest BCUT2D eigenvalue weighted by molar-refractivity contribution is 4.93. The van der Waals surface area contributed by atoms with Gasteiger partial charge in [0.25, 0.3) is 0 Å². The van der Waals surface area contributed by atoms with Crippen LogP contribution in [-0.4, -0.2) is 23.3 Å². The lowest BCUT2D eigenvalue weighted by Gasteiger charge is -2.14. The molecule has 1 rings (SSSR count). The van der Waals surface area contributed by atoms with Gasteiger partial charge in [0.2, 0.25) is 0 Å². The number of ether oxygens (including phenoxy) is 1. The summed E-state index contributed by atoms with van der Waals surface area (Å²) in [6.07, 6.45) is 4.73. The molecule has 0 radical (unpaired) electrons. The SMILES string of the molecule is COCCC(C)n1ccnc1CN. The van der Waals surface area contributed by atoms with E-state index in [1.54, 1.807) is 13.3 Å². The first-order valence-electron chi connectivity index (χ1n) is 4.50. The Bertz CT molecular complexity index is 247. The van der Waals surface area contributed by atoms with E-state index in [1.165, 1.54) is 0 Å². The van der Waals surface area contributed by atoms with Crippen molar-refractivity contribution in [2.24, 2.45) is 5.73 Å². The van der Waals surface area contributed by atoms with Crippen LogP contribution in [0.2, 0.25) is 0 Å². The fraction of sp³-hybridized carbons (Fsp3) is 0.667. The number of nitrogens with two attached hydrogens (primary N) is 1. The molecule has 0 saturated heterocycles. The van der Waals surface area contributed by atoms with Crippen LogP contribution in [0.15, 0.2) is 12.4 Å². The van der Waals surface area contributed by atoms with E-state index in [4.69, 9.17) is 10.5 Å². The van der Waals surface area contributed by atoms with Crippen LogP contribution in [0.25, 0.3) is 0 Å². The molecule has 13 heavy (non-hydrogen) atoms. The fourth-order valence-corrected chi connectivity index (χ4v) is 1.33. The Morgan fingerprint density at radius 3 is 3.08 bits per heavy atom. The summed E-state index contributed by atoms with van der Waals surface area (Å²) in [4.78, 5) is 4.16. The van der Waals surface area contributed by atoms with Crippen LogP contribution < -0.4 is 5.73 Å². The third kappa shape index (κ3) is 2.54. The van der Waals surface area contributed by atoms with Crippen molar-refractivity contribution in [3.05, 3.63) is 18.2 Å². The van der Waals surface area contributed by atoms with E-state index in [-0.39, 0.29) is 0 Å². The highest BCUT2D eigenvalue weighted by atomic mass is 16.5. The molecule has 4 nitrogen and oxygen atoms in total. The van der Waals surface area contributed by atoms with Gasteiger partial charge in [0.15, 0.2) is 0 Å². The minimum Gasteiger partial charge on any atom is -0.385 e. The average Bonchev–Trinajstić information content (AvgIpc) is 2.61. The third-order valence-electron chi connectivity index (χ3n) is 2.15. The largest absolute Gasteiger partial charge is 0.385 e. The predicted octanol–water partition coefficient (Wildman–Crippen LogP) is 0.939. The topological polar surface area (TPSA) is 53.1 Å². The Morgan fingerprint density at radius 1 is 1.69 bits per heavy atom. The summed E-state index contributed by atoms with van der Waals surface area (Å²) in [6.45, 7) is 3.40. The van der Waals surface area contributed by atoms with E-state index >= 15 is 0 Å². The summed E-state index contributed by atoms with van der Waals surface area (Å²) < 4.78 is 7.12. The van der Waals surface area contributed by atoms with Crippen molar-refractivity contribution in [3.8, 4) is 0 Å². The van der Waals surface area contributed by atoms with Crippen molar-refractivity contribution in [2.75, 3.05) is 13.7 Å². The van der Waals surface area contributed by atoms with Crippen molar-refractivity contribution >= 4 is 0 Å². The van der Waals surface area contributed by atoms with Crippen molar-refractivity contribution < 1.29 is 4.74 Å². The maximum absolute atomic E-state index is 5.55. The van der Waals surface area contributed by atoms with Crippen LogP contribution in [0, 0.1) is 0 Å². The Hall–Kier alpha value is -0.870. The fourth-order valence-electron chi connectivity index (χ4n) is 1.33. The minimum atomic E-state index is 0.404.